The number of aryl methyl sites for hydroxylation is 1. The highest BCUT2D eigenvalue weighted by Crippen LogP contribution is 2.18. The maximum Gasteiger partial charge on any atom is 0.280 e. The first-order chi connectivity index (χ1) is 6.59. The lowest BCUT2D eigenvalue weighted by Crippen LogP contribution is -1.95. The van der Waals surface area contributed by atoms with Crippen LogP contribution in [0.15, 0.2) is 12.4 Å². The second kappa shape index (κ2) is 2.97. The summed E-state index contributed by atoms with van der Waals surface area (Å²) in [6.45, 7) is 1.46. The minimum Gasteiger partial charge on any atom is -0.259 e. The van der Waals surface area contributed by atoms with E-state index in [1.165, 1.54) is 6.92 Å². The summed E-state index contributed by atoms with van der Waals surface area (Å²) in [5.41, 5.74) is -0.0917. The minimum atomic E-state index is -2.67. The van der Waals surface area contributed by atoms with Gasteiger partial charge in [0.15, 0.2) is 0 Å². The van der Waals surface area contributed by atoms with Crippen LogP contribution in [0.3, 0.4) is 0 Å². The van der Waals surface area contributed by atoms with E-state index in [9.17, 15) is 13.2 Å². The largest absolute Gasteiger partial charge is 0.280 e. The highest BCUT2D eigenvalue weighted by molar-refractivity contribution is 5.41. The first-order valence-electron chi connectivity index (χ1n) is 3.88. The molecular weight excluding hydrogens is 195 g/mol. The van der Waals surface area contributed by atoms with Gasteiger partial charge >= 0.3 is 0 Å². The number of halogens is 3. The Morgan fingerprint density at radius 2 is 2.14 bits per heavy atom. The fraction of sp³-hybridized carbons (Fsp3) is 0.250. The molecule has 0 unspecified atom stereocenters. The van der Waals surface area contributed by atoms with Gasteiger partial charge in [0.1, 0.15) is 17.7 Å². The van der Waals surface area contributed by atoms with Gasteiger partial charge in [-0.2, -0.15) is 4.39 Å². The summed E-state index contributed by atoms with van der Waals surface area (Å²) < 4.78 is 38.6. The molecule has 6 heteroatoms. The van der Waals surface area contributed by atoms with Crippen LogP contribution in [-0.4, -0.2) is 14.4 Å². The summed E-state index contributed by atoms with van der Waals surface area (Å²) in [6, 6.07) is 1.07. The van der Waals surface area contributed by atoms with E-state index < -0.39 is 18.1 Å². The molecule has 74 valence electrons. The van der Waals surface area contributed by atoms with Crippen LogP contribution in [0, 0.1) is 12.9 Å². The molecule has 0 aliphatic rings. The van der Waals surface area contributed by atoms with E-state index in [0.29, 0.717) is 0 Å². The van der Waals surface area contributed by atoms with Crippen molar-refractivity contribution in [3.8, 4) is 0 Å². The average Bonchev–Trinajstić information content (AvgIpc) is 2.42. The molecule has 0 radical (unpaired) electrons. The molecule has 0 aromatic carbocycles. The predicted molar refractivity (Wildman–Crippen MR) is 42.6 cm³/mol. The van der Waals surface area contributed by atoms with Crippen molar-refractivity contribution >= 4 is 5.65 Å². The third-order valence-electron chi connectivity index (χ3n) is 1.86. The smallest absolute Gasteiger partial charge is 0.259 e. The van der Waals surface area contributed by atoms with Crippen molar-refractivity contribution in [3.63, 3.8) is 0 Å². The van der Waals surface area contributed by atoms with Crippen LogP contribution in [0.5, 0.6) is 0 Å². The van der Waals surface area contributed by atoms with Gasteiger partial charge < -0.3 is 0 Å². The van der Waals surface area contributed by atoms with Crippen LogP contribution < -0.4 is 0 Å². The molecular formula is C8H6F3N3. The highest BCUT2D eigenvalue weighted by atomic mass is 19.3. The molecule has 0 aliphatic carbocycles. The zero-order valence-corrected chi connectivity index (χ0v) is 7.21. The molecule has 3 nitrogen and oxygen atoms in total. The Hall–Kier alpha value is -1.59. The van der Waals surface area contributed by atoms with E-state index in [2.05, 4.69) is 9.97 Å². The SMILES string of the molecule is Cc1nc2cc(C(F)F)ncn2c1F. The average molecular weight is 201 g/mol. The summed E-state index contributed by atoms with van der Waals surface area (Å²) in [7, 11) is 0. The first-order valence-corrected chi connectivity index (χ1v) is 3.88. The standard InChI is InChI=1S/C8H6F3N3/c1-4-8(11)14-3-12-5(7(9)10)2-6(14)13-4/h2-3,7H,1H3. The second-order valence-electron chi connectivity index (χ2n) is 2.83. The van der Waals surface area contributed by atoms with Gasteiger partial charge in [-0.05, 0) is 6.92 Å². The molecule has 0 amide bonds. The lowest BCUT2D eigenvalue weighted by Gasteiger charge is -1.98. The zero-order valence-electron chi connectivity index (χ0n) is 7.21. The maximum atomic E-state index is 13.2. The lowest BCUT2D eigenvalue weighted by molar-refractivity contribution is 0.146. The van der Waals surface area contributed by atoms with Crippen molar-refractivity contribution in [2.75, 3.05) is 0 Å². The highest BCUT2D eigenvalue weighted by Gasteiger charge is 2.13. The van der Waals surface area contributed by atoms with Crippen LogP contribution >= 0.6 is 0 Å². The number of aromatic nitrogens is 3. The molecule has 2 aromatic heterocycles. The van der Waals surface area contributed by atoms with Crippen molar-refractivity contribution in [2.45, 2.75) is 13.3 Å². The van der Waals surface area contributed by atoms with Crippen molar-refractivity contribution in [1.29, 1.82) is 0 Å². The van der Waals surface area contributed by atoms with Gasteiger partial charge in [0.25, 0.3) is 6.43 Å². The third-order valence-corrected chi connectivity index (χ3v) is 1.86. The van der Waals surface area contributed by atoms with E-state index in [4.69, 9.17) is 0 Å². The number of nitrogens with zero attached hydrogens (tertiary/aromatic N) is 3. The van der Waals surface area contributed by atoms with Crippen molar-refractivity contribution in [3.05, 3.63) is 29.7 Å². The molecule has 0 saturated carbocycles. The monoisotopic (exact) mass is 201 g/mol. The topological polar surface area (TPSA) is 30.2 Å². The number of imidazole rings is 1. The first kappa shape index (κ1) is 8.98. The van der Waals surface area contributed by atoms with Gasteiger partial charge in [-0.25, -0.2) is 18.7 Å². The van der Waals surface area contributed by atoms with Gasteiger partial charge in [0.05, 0.1) is 5.69 Å². The Morgan fingerprint density at radius 3 is 2.79 bits per heavy atom. The van der Waals surface area contributed by atoms with Gasteiger partial charge in [0, 0.05) is 6.07 Å². The summed E-state index contributed by atoms with van der Waals surface area (Å²) in [5.74, 6) is -0.576. The number of rotatable bonds is 1. The van der Waals surface area contributed by atoms with E-state index in [1.54, 1.807) is 0 Å². The van der Waals surface area contributed by atoms with Gasteiger partial charge in [0.2, 0.25) is 5.95 Å². The molecule has 2 heterocycles. The number of hydrogen-bond donors (Lipinski definition) is 0. The molecule has 0 saturated heterocycles. The summed E-state index contributed by atoms with van der Waals surface area (Å²) >= 11 is 0. The minimum absolute atomic E-state index is 0.144. The van der Waals surface area contributed by atoms with Crippen LogP contribution in [0.2, 0.25) is 0 Å². The molecule has 2 aromatic rings. The molecule has 0 bridgehead atoms. The number of hydrogen-bond acceptors (Lipinski definition) is 2. The fourth-order valence-electron chi connectivity index (χ4n) is 1.17. The van der Waals surface area contributed by atoms with Crippen molar-refractivity contribution < 1.29 is 13.2 Å². The van der Waals surface area contributed by atoms with Crippen LogP contribution in [0.4, 0.5) is 13.2 Å². The number of alkyl halides is 2. The maximum absolute atomic E-state index is 13.2. The zero-order chi connectivity index (χ0) is 10.3. The van der Waals surface area contributed by atoms with E-state index >= 15 is 0 Å². The van der Waals surface area contributed by atoms with E-state index in [-0.39, 0.29) is 11.3 Å². The van der Waals surface area contributed by atoms with Crippen LogP contribution in [0.1, 0.15) is 17.8 Å². The fourth-order valence-corrected chi connectivity index (χ4v) is 1.17. The molecule has 0 spiro atoms. The Kier molecular flexibility index (Phi) is 1.90. The molecule has 2 rings (SSSR count). The Bertz CT molecular complexity index is 478. The third kappa shape index (κ3) is 1.23. The van der Waals surface area contributed by atoms with Gasteiger partial charge in [-0.3, -0.25) is 4.40 Å². The summed E-state index contributed by atoms with van der Waals surface area (Å²) in [6.07, 6.45) is -1.66. The van der Waals surface area contributed by atoms with Gasteiger partial charge in [-0.1, -0.05) is 0 Å². The second-order valence-corrected chi connectivity index (χ2v) is 2.83. The Balaban J connectivity index is 2.67. The number of fused-ring (bicyclic) bond motifs is 1. The van der Waals surface area contributed by atoms with Crippen molar-refractivity contribution in [2.24, 2.45) is 0 Å². The van der Waals surface area contributed by atoms with Gasteiger partial charge in [-0.15, -0.1) is 0 Å². The molecule has 0 atom stereocenters. The Labute approximate surface area is 77.2 Å². The van der Waals surface area contributed by atoms with Crippen molar-refractivity contribution in [1.82, 2.24) is 14.4 Å². The van der Waals surface area contributed by atoms with Crippen LogP contribution in [0.25, 0.3) is 5.65 Å². The summed E-state index contributed by atoms with van der Waals surface area (Å²) in [4.78, 5) is 7.18. The molecule has 0 aliphatic heterocycles. The lowest BCUT2D eigenvalue weighted by atomic mass is 10.4. The molecule has 0 N–H and O–H groups in total. The van der Waals surface area contributed by atoms with Crippen LogP contribution in [-0.2, 0) is 0 Å². The molecule has 0 fully saturated rings. The summed E-state index contributed by atoms with van der Waals surface area (Å²) in [5, 5.41) is 0. The normalized spacial score (nSPS) is 11.5. The van der Waals surface area contributed by atoms with E-state index in [0.717, 1.165) is 16.8 Å². The molecule has 14 heavy (non-hydrogen) atoms. The van der Waals surface area contributed by atoms with E-state index in [1.807, 2.05) is 0 Å². The Morgan fingerprint density at radius 1 is 1.43 bits per heavy atom. The predicted octanol–water partition coefficient (Wildman–Crippen LogP) is 2.11. The quantitative estimate of drug-likeness (QED) is 0.707.